The number of benzene rings is 1. The molecule has 1 aromatic rings. The van der Waals surface area contributed by atoms with Gasteiger partial charge in [0.25, 0.3) is 0 Å². The van der Waals surface area contributed by atoms with Crippen LogP contribution in [-0.2, 0) is 25.7 Å². The molecule has 0 radical (unpaired) electrons. The summed E-state index contributed by atoms with van der Waals surface area (Å²) < 4.78 is 5.13. The largest absolute Gasteiger partial charge is 0.444 e. The predicted molar refractivity (Wildman–Crippen MR) is 125 cm³/mol. The smallest absolute Gasteiger partial charge is 0.407 e. The van der Waals surface area contributed by atoms with E-state index in [0.29, 0.717) is 18.8 Å². The maximum absolute atomic E-state index is 12.6. The second kappa shape index (κ2) is 10.7. The van der Waals surface area contributed by atoms with Crippen LogP contribution in [0.1, 0.15) is 59.9 Å². The minimum absolute atomic E-state index is 0.00600. The molecular weight excluding hydrogens is 424 g/mol. The van der Waals surface area contributed by atoms with Crippen LogP contribution in [0.5, 0.6) is 0 Å². The summed E-state index contributed by atoms with van der Waals surface area (Å²) in [5, 5.41) is 8.21. The van der Waals surface area contributed by atoms with Crippen molar-refractivity contribution in [1.82, 2.24) is 15.5 Å². The molecule has 33 heavy (non-hydrogen) atoms. The topological polar surface area (TPSA) is 117 Å². The highest BCUT2D eigenvalue weighted by atomic mass is 16.6. The molecule has 1 fully saturated rings. The number of rotatable bonds is 7. The Morgan fingerprint density at radius 2 is 1.79 bits per heavy atom. The first-order chi connectivity index (χ1) is 15.2. The Hall–Kier alpha value is -3.10. The summed E-state index contributed by atoms with van der Waals surface area (Å²) in [7, 11) is 0. The van der Waals surface area contributed by atoms with Gasteiger partial charge in [-0.3, -0.25) is 14.4 Å². The Bertz CT molecular complexity index is 886. The minimum atomic E-state index is -0.596. The molecule has 1 aliphatic rings. The number of nitrogens with zero attached hydrogens (tertiary/aromatic N) is 1. The standard InChI is InChI=1S/C24H36N4O5/c1-23(2,3)28-15-17(13-20(28)30)21(31)26-14-16-8-7-9-18(12-16)27-19(29)10-11-25-22(32)33-24(4,5)6/h7-9,12,17H,10-11,13-15H2,1-6H3,(H,25,32)(H,26,31)(H,27,29). The molecule has 0 aliphatic carbocycles. The van der Waals surface area contributed by atoms with Crippen LogP contribution in [0.4, 0.5) is 10.5 Å². The predicted octanol–water partition coefficient (Wildman–Crippen LogP) is 2.80. The van der Waals surface area contributed by atoms with Crippen molar-refractivity contribution >= 4 is 29.5 Å². The molecule has 1 aliphatic heterocycles. The van der Waals surface area contributed by atoms with E-state index in [0.717, 1.165) is 5.56 Å². The SMILES string of the molecule is CC(C)(C)OC(=O)NCCC(=O)Nc1cccc(CNC(=O)C2CC(=O)N(C(C)(C)C)C2)c1. The van der Waals surface area contributed by atoms with Crippen molar-refractivity contribution in [2.75, 3.05) is 18.4 Å². The summed E-state index contributed by atoms with van der Waals surface area (Å²) in [5.74, 6) is -0.776. The fourth-order valence-corrected chi connectivity index (χ4v) is 3.44. The molecule has 182 valence electrons. The highest BCUT2D eigenvalue weighted by Crippen LogP contribution is 2.26. The van der Waals surface area contributed by atoms with E-state index in [2.05, 4.69) is 16.0 Å². The van der Waals surface area contributed by atoms with Crippen molar-refractivity contribution in [3.63, 3.8) is 0 Å². The Morgan fingerprint density at radius 1 is 1.09 bits per heavy atom. The summed E-state index contributed by atoms with van der Waals surface area (Å²) >= 11 is 0. The van der Waals surface area contributed by atoms with Crippen LogP contribution in [0.2, 0.25) is 0 Å². The van der Waals surface area contributed by atoms with Crippen LogP contribution in [0.25, 0.3) is 0 Å². The number of hydrogen-bond donors (Lipinski definition) is 3. The van der Waals surface area contributed by atoms with Gasteiger partial charge < -0.3 is 25.6 Å². The van der Waals surface area contributed by atoms with Gasteiger partial charge in [0, 0.05) is 43.7 Å². The highest BCUT2D eigenvalue weighted by Gasteiger charge is 2.39. The molecule has 9 nitrogen and oxygen atoms in total. The number of amides is 4. The van der Waals surface area contributed by atoms with E-state index >= 15 is 0 Å². The summed E-state index contributed by atoms with van der Waals surface area (Å²) in [4.78, 5) is 50.3. The van der Waals surface area contributed by atoms with Gasteiger partial charge in [-0.1, -0.05) is 12.1 Å². The molecule has 4 amide bonds. The molecule has 2 rings (SSSR count). The lowest BCUT2D eigenvalue weighted by molar-refractivity contribution is -0.132. The molecule has 1 heterocycles. The van der Waals surface area contributed by atoms with Crippen LogP contribution >= 0.6 is 0 Å². The van der Waals surface area contributed by atoms with Crippen LogP contribution in [0.3, 0.4) is 0 Å². The second-order valence-electron chi connectivity index (χ2n) is 10.2. The lowest BCUT2D eigenvalue weighted by Gasteiger charge is -2.31. The number of hydrogen-bond acceptors (Lipinski definition) is 5. The minimum Gasteiger partial charge on any atom is -0.444 e. The fraction of sp³-hybridized carbons (Fsp3) is 0.583. The third kappa shape index (κ3) is 8.75. The molecule has 1 atom stereocenters. The summed E-state index contributed by atoms with van der Waals surface area (Å²) in [6, 6.07) is 7.17. The molecule has 0 saturated carbocycles. The lowest BCUT2D eigenvalue weighted by atomic mass is 10.1. The molecular formula is C24H36N4O5. The van der Waals surface area contributed by atoms with Gasteiger partial charge >= 0.3 is 6.09 Å². The molecule has 1 unspecified atom stereocenters. The zero-order chi connectivity index (χ0) is 24.8. The van der Waals surface area contributed by atoms with E-state index in [4.69, 9.17) is 4.74 Å². The first-order valence-corrected chi connectivity index (χ1v) is 11.2. The third-order valence-corrected chi connectivity index (χ3v) is 5.00. The molecule has 1 saturated heterocycles. The average molecular weight is 461 g/mol. The molecule has 1 aromatic carbocycles. The Morgan fingerprint density at radius 3 is 2.39 bits per heavy atom. The highest BCUT2D eigenvalue weighted by molar-refractivity contribution is 5.91. The molecule has 0 aromatic heterocycles. The van der Waals surface area contributed by atoms with Gasteiger partial charge in [0.2, 0.25) is 17.7 Å². The second-order valence-corrected chi connectivity index (χ2v) is 10.2. The van der Waals surface area contributed by atoms with Gasteiger partial charge in [0.05, 0.1) is 5.92 Å². The van der Waals surface area contributed by atoms with Gasteiger partial charge in [0.1, 0.15) is 5.60 Å². The van der Waals surface area contributed by atoms with Gasteiger partial charge in [-0.15, -0.1) is 0 Å². The van der Waals surface area contributed by atoms with E-state index in [1.54, 1.807) is 43.9 Å². The van der Waals surface area contributed by atoms with E-state index in [1.165, 1.54) is 0 Å². The number of nitrogens with one attached hydrogen (secondary N) is 3. The zero-order valence-electron chi connectivity index (χ0n) is 20.4. The van der Waals surface area contributed by atoms with E-state index in [-0.39, 0.29) is 48.6 Å². The Kier molecular flexibility index (Phi) is 8.46. The number of likely N-dealkylation sites (tertiary alicyclic amines) is 1. The van der Waals surface area contributed by atoms with Crippen LogP contribution < -0.4 is 16.0 Å². The van der Waals surface area contributed by atoms with Crippen LogP contribution in [0, 0.1) is 5.92 Å². The summed E-state index contributed by atoms with van der Waals surface area (Å²) in [6.07, 6.45) is -0.251. The number of carbonyl (C=O) groups excluding carboxylic acids is 4. The monoisotopic (exact) mass is 460 g/mol. The van der Waals surface area contributed by atoms with Crippen molar-refractivity contribution in [2.24, 2.45) is 5.92 Å². The number of ether oxygens (including phenoxy) is 1. The van der Waals surface area contributed by atoms with Crippen molar-refractivity contribution in [3.8, 4) is 0 Å². The zero-order valence-corrected chi connectivity index (χ0v) is 20.4. The van der Waals surface area contributed by atoms with Gasteiger partial charge in [-0.2, -0.15) is 0 Å². The molecule has 3 N–H and O–H groups in total. The van der Waals surface area contributed by atoms with Crippen LogP contribution in [-0.4, -0.2) is 52.9 Å². The van der Waals surface area contributed by atoms with Crippen molar-refractivity contribution in [2.45, 2.75) is 72.1 Å². The summed E-state index contributed by atoms with van der Waals surface area (Å²) in [5.41, 5.74) is 0.520. The van der Waals surface area contributed by atoms with Crippen molar-refractivity contribution in [3.05, 3.63) is 29.8 Å². The molecule has 9 heteroatoms. The quantitative estimate of drug-likeness (QED) is 0.578. The van der Waals surface area contributed by atoms with Gasteiger partial charge in [-0.05, 0) is 59.2 Å². The average Bonchev–Trinajstić information content (AvgIpc) is 3.07. The van der Waals surface area contributed by atoms with Gasteiger partial charge in [0.15, 0.2) is 0 Å². The number of carbonyl (C=O) groups is 4. The number of alkyl carbamates (subject to hydrolysis) is 1. The van der Waals surface area contributed by atoms with E-state index < -0.39 is 11.7 Å². The molecule has 0 spiro atoms. The Balaban J connectivity index is 1.79. The summed E-state index contributed by atoms with van der Waals surface area (Å²) in [6.45, 7) is 12.0. The van der Waals surface area contributed by atoms with Gasteiger partial charge in [-0.25, -0.2) is 4.79 Å². The maximum Gasteiger partial charge on any atom is 0.407 e. The maximum atomic E-state index is 12.6. The number of anilines is 1. The van der Waals surface area contributed by atoms with E-state index in [1.807, 2.05) is 26.8 Å². The fourth-order valence-electron chi connectivity index (χ4n) is 3.44. The Labute approximate surface area is 195 Å². The normalized spacial score (nSPS) is 16.4. The van der Waals surface area contributed by atoms with Crippen LogP contribution in [0.15, 0.2) is 24.3 Å². The van der Waals surface area contributed by atoms with E-state index in [9.17, 15) is 19.2 Å². The molecule has 0 bridgehead atoms. The van der Waals surface area contributed by atoms with Crippen molar-refractivity contribution < 1.29 is 23.9 Å². The van der Waals surface area contributed by atoms with Crippen molar-refractivity contribution in [1.29, 1.82) is 0 Å². The first-order valence-electron chi connectivity index (χ1n) is 11.2. The third-order valence-electron chi connectivity index (χ3n) is 5.00. The first kappa shape index (κ1) is 26.2. The lowest BCUT2D eigenvalue weighted by Crippen LogP contribution is -2.43.